The molecule has 0 aromatic carbocycles. The lowest BCUT2D eigenvalue weighted by molar-refractivity contribution is -0.151. The van der Waals surface area contributed by atoms with E-state index in [0.717, 1.165) is 25.9 Å². The van der Waals surface area contributed by atoms with Gasteiger partial charge < -0.3 is 14.9 Å². The number of halogens is 3. The van der Waals surface area contributed by atoms with Crippen molar-refractivity contribution >= 4 is 5.91 Å². The van der Waals surface area contributed by atoms with Crippen LogP contribution in [0.2, 0.25) is 0 Å². The predicted octanol–water partition coefficient (Wildman–Crippen LogP) is 1.78. The summed E-state index contributed by atoms with van der Waals surface area (Å²) in [6.07, 6.45) is -2.66. The fourth-order valence-electron chi connectivity index (χ4n) is 3.09. The van der Waals surface area contributed by atoms with Gasteiger partial charge >= 0.3 is 6.18 Å². The van der Waals surface area contributed by atoms with Gasteiger partial charge in [0.25, 0.3) is 0 Å². The van der Waals surface area contributed by atoms with Crippen molar-refractivity contribution in [1.29, 1.82) is 0 Å². The van der Waals surface area contributed by atoms with Crippen LogP contribution in [0.3, 0.4) is 0 Å². The zero-order chi connectivity index (χ0) is 15.5. The van der Waals surface area contributed by atoms with Crippen molar-refractivity contribution in [3.8, 4) is 0 Å². The van der Waals surface area contributed by atoms with Gasteiger partial charge in [-0.3, -0.25) is 4.79 Å². The van der Waals surface area contributed by atoms with Crippen molar-refractivity contribution in [2.24, 2.45) is 0 Å². The third kappa shape index (κ3) is 5.14. The molecule has 0 bridgehead atoms. The third-order valence-electron chi connectivity index (χ3n) is 4.39. The highest BCUT2D eigenvalue weighted by atomic mass is 19.4. The van der Waals surface area contributed by atoms with E-state index in [4.69, 9.17) is 0 Å². The molecule has 2 rings (SSSR count). The summed E-state index contributed by atoms with van der Waals surface area (Å²) < 4.78 is 36.4. The molecule has 0 aliphatic carbocycles. The van der Waals surface area contributed by atoms with Crippen LogP contribution < -0.4 is 0 Å². The van der Waals surface area contributed by atoms with Gasteiger partial charge in [-0.1, -0.05) is 0 Å². The molecule has 7 heteroatoms. The topological polar surface area (TPSA) is 43.8 Å². The summed E-state index contributed by atoms with van der Waals surface area (Å²) in [4.78, 5) is 15.4. The average Bonchev–Trinajstić information content (AvgIpc) is 2.88. The van der Waals surface area contributed by atoms with E-state index in [1.165, 1.54) is 4.90 Å². The lowest BCUT2D eigenvalue weighted by Gasteiger charge is -2.40. The number of hydrogen-bond donors (Lipinski definition) is 1. The van der Waals surface area contributed by atoms with Crippen LogP contribution in [-0.4, -0.2) is 65.3 Å². The van der Waals surface area contributed by atoms with E-state index >= 15 is 0 Å². The van der Waals surface area contributed by atoms with Crippen LogP contribution in [0, 0.1) is 0 Å². The summed E-state index contributed by atoms with van der Waals surface area (Å²) >= 11 is 0. The Kier molecular flexibility index (Phi) is 5.14. The number of piperidine rings is 1. The van der Waals surface area contributed by atoms with E-state index in [0.29, 0.717) is 32.5 Å². The van der Waals surface area contributed by atoms with Crippen LogP contribution >= 0.6 is 0 Å². The molecule has 1 N–H and O–H groups in total. The first-order valence-electron chi connectivity index (χ1n) is 7.57. The molecule has 0 atom stereocenters. The van der Waals surface area contributed by atoms with Crippen molar-refractivity contribution in [2.75, 3.05) is 32.7 Å². The molecule has 0 saturated carbocycles. The van der Waals surface area contributed by atoms with Crippen LogP contribution in [-0.2, 0) is 4.79 Å². The quantitative estimate of drug-likeness (QED) is 0.861. The lowest BCUT2D eigenvalue weighted by atomic mass is 9.90. The van der Waals surface area contributed by atoms with E-state index in [1.54, 1.807) is 0 Å². The number of carbonyl (C=O) groups is 1. The van der Waals surface area contributed by atoms with Gasteiger partial charge in [0.15, 0.2) is 0 Å². The first kappa shape index (κ1) is 16.5. The molecule has 2 aliphatic rings. The maximum absolute atomic E-state index is 12.1. The largest absolute Gasteiger partial charge is 0.389 e. The Morgan fingerprint density at radius 3 is 2.19 bits per heavy atom. The van der Waals surface area contributed by atoms with Gasteiger partial charge in [0.2, 0.25) is 5.91 Å². The average molecular weight is 308 g/mol. The van der Waals surface area contributed by atoms with E-state index in [1.807, 2.05) is 0 Å². The molecule has 2 aliphatic heterocycles. The van der Waals surface area contributed by atoms with Crippen molar-refractivity contribution in [1.82, 2.24) is 9.80 Å². The molecule has 21 heavy (non-hydrogen) atoms. The molecule has 0 radical (unpaired) electrons. The molecule has 0 aromatic rings. The Morgan fingerprint density at radius 2 is 1.67 bits per heavy atom. The third-order valence-corrected chi connectivity index (χ3v) is 4.39. The van der Waals surface area contributed by atoms with E-state index in [9.17, 15) is 23.1 Å². The Morgan fingerprint density at radius 1 is 1.10 bits per heavy atom. The maximum Gasteiger partial charge on any atom is 0.389 e. The van der Waals surface area contributed by atoms with Gasteiger partial charge in [0.05, 0.1) is 12.0 Å². The molecule has 0 unspecified atom stereocenters. The first-order chi connectivity index (χ1) is 9.77. The standard InChI is InChI=1S/C14H23F3N2O2/c15-14(16,17)4-3-12(20)19-9-5-13(21,6-10-19)11-18-7-1-2-8-18/h21H,1-11H2. The molecular formula is C14H23F3N2O2. The normalized spacial score (nSPS) is 23.5. The van der Waals surface area contributed by atoms with Crippen LogP contribution in [0.5, 0.6) is 0 Å². The molecule has 4 nitrogen and oxygen atoms in total. The van der Waals surface area contributed by atoms with Crippen molar-refractivity contribution in [3.05, 3.63) is 0 Å². The summed E-state index contributed by atoms with van der Waals surface area (Å²) in [5.41, 5.74) is -0.800. The Balaban J connectivity index is 1.75. The molecule has 2 fully saturated rings. The number of aliphatic hydroxyl groups is 1. The highest BCUT2D eigenvalue weighted by Gasteiger charge is 2.36. The summed E-state index contributed by atoms with van der Waals surface area (Å²) in [7, 11) is 0. The highest BCUT2D eigenvalue weighted by molar-refractivity contribution is 5.76. The minimum atomic E-state index is -4.29. The Hall–Kier alpha value is -0.820. The number of alkyl halides is 3. The van der Waals surface area contributed by atoms with Gasteiger partial charge in [0.1, 0.15) is 0 Å². The first-order valence-corrected chi connectivity index (χ1v) is 7.57. The van der Waals surface area contributed by atoms with Gasteiger partial charge in [-0.05, 0) is 38.8 Å². The molecule has 2 saturated heterocycles. The molecule has 122 valence electrons. The number of likely N-dealkylation sites (tertiary alicyclic amines) is 2. The van der Waals surface area contributed by atoms with Gasteiger partial charge in [-0.25, -0.2) is 0 Å². The molecular weight excluding hydrogens is 285 g/mol. The minimum absolute atomic E-state index is 0.348. The Bertz CT molecular complexity index is 360. The fraction of sp³-hybridized carbons (Fsp3) is 0.929. The second kappa shape index (κ2) is 6.52. The molecule has 0 aromatic heterocycles. The number of hydrogen-bond acceptors (Lipinski definition) is 3. The van der Waals surface area contributed by atoms with E-state index < -0.39 is 30.5 Å². The SMILES string of the molecule is O=C(CCC(F)(F)F)N1CCC(O)(CN2CCCC2)CC1. The second-order valence-electron chi connectivity index (χ2n) is 6.20. The van der Waals surface area contributed by atoms with Gasteiger partial charge in [0, 0.05) is 26.1 Å². The van der Waals surface area contributed by atoms with Gasteiger partial charge in [-0.2, -0.15) is 13.2 Å². The van der Waals surface area contributed by atoms with E-state index in [2.05, 4.69) is 4.90 Å². The number of rotatable bonds is 4. The van der Waals surface area contributed by atoms with Crippen LogP contribution in [0.4, 0.5) is 13.2 Å². The summed E-state index contributed by atoms with van der Waals surface area (Å²) in [6, 6.07) is 0. The number of β-amino-alcohol motifs (C(OH)–C–C–N with tert-alkyl or cyclic N) is 1. The van der Waals surface area contributed by atoms with Gasteiger partial charge in [-0.15, -0.1) is 0 Å². The maximum atomic E-state index is 12.1. The number of nitrogens with zero attached hydrogens (tertiary/aromatic N) is 2. The zero-order valence-electron chi connectivity index (χ0n) is 12.2. The van der Waals surface area contributed by atoms with Crippen molar-refractivity contribution < 1.29 is 23.1 Å². The number of amides is 1. The smallest absolute Gasteiger partial charge is 0.388 e. The summed E-state index contributed by atoms with van der Waals surface area (Å²) in [6.45, 7) is 3.30. The van der Waals surface area contributed by atoms with Crippen LogP contribution in [0.15, 0.2) is 0 Å². The predicted molar refractivity (Wildman–Crippen MR) is 71.7 cm³/mol. The monoisotopic (exact) mass is 308 g/mol. The molecule has 1 amide bonds. The fourth-order valence-corrected chi connectivity index (χ4v) is 3.09. The van der Waals surface area contributed by atoms with E-state index in [-0.39, 0.29) is 0 Å². The van der Waals surface area contributed by atoms with Crippen LogP contribution in [0.25, 0.3) is 0 Å². The van der Waals surface area contributed by atoms with Crippen molar-refractivity contribution in [3.63, 3.8) is 0 Å². The summed E-state index contributed by atoms with van der Waals surface area (Å²) in [5, 5.41) is 10.5. The summed E-state index contributed by atoms with van der Waals surface area (Å²) in [5.74, 6) is -0.462. The Labute approximate surface area is 122 Å². The minimum Gasteiger partial charge on any atom is -0.388 e. The van der Waals surface area contributed by atoms with Crippen LogP contribution in [0.1, 0.15) is 38.5 Å². The zero-order valence-corrected chi connectivity index (χ0v) is 12.2. The lowest BCUT2D eigenvalue weighted by Crippen LogP contribution is -2.51. The molecule has 2 heterocycles. The second-order valence-corrected chi connectivity index (χ2v) is 6.20. The molecule has 0 spiro atoms. The van der Waals surface area contributed by atoms with Crippen molar-refractivity contribution in [2.45, 2.75) is 50.3 Å². The number of carbonyl (C=O) groups excluding carboxylic acids is 1. The highest BCUT2D eigenvalue weighted by Crippen LogP contribution is 2.27.